The summed E-state index contributed by atoms with van der Waals surface area (Å²) in [6, 6.07) is 6.06. The molecule has 0 aliphatic rings. The fraction of sp³-hybridized carbons (Fsp3) is 0.357. The average molecular weight is 389 g/mol. The molecule has 0 amide bonds. The topological polar surface area (TPSA) is 42.2 Å². The van der Waals surface area contributed by atoms with Crippen molar-refractivity contribution in [3.8, 4) is 0 Å². The Bertz CT molecular complexity index is 643. The van der Waals surface area contributed by atoms with E-state index in [4.69, 9.17) is 17.0 Å². The third-order valence-electron chi connectivity index (χ3n) is 2.88. The van der Waals surface area contributed by atoms with Crippen LogP contribution in [0.2, 0.25) is 0 Å². The first kappa shape index (κ1) is 18.0. The largest absolute Gasteiger partial charge is 1.00 e. The lowest BCUT2D eigenvalue weighted by molar-refractivity contribution is -0.671. The molecule has 114 valence electrons. The molecule has 0 bridgehead atoms. The molecule has 4 nitrogen and oxygen atoms in total. The predicted molar refractivity (Wildman–Crippen MR) is 85.3 cm³/mol. The average Bonchev–Trinajstić information content (AvgIpc) is 2.71. The number of carbonyl (C=O) groups is 1. The number of aromatic nitrogens is 1. The number of nitrogens with one attached hydrogen (secondary N) is 1. The number of hydrogen-bond acceptors (Lipinski definition) is 4. The van der Waals surface area contributed by atoms with Crippen molar-refractivity contribution in [2.75, 3.05) is 11.9 Å². The Labute approximate surface area is 143 Å². The number of aldehydes is 1. The van der Waals surface area contributed by atoms with Gasteiger partial charge in [0.05, 0.1) is 13.0 Å². The van der Waals surface area contributed by atoms with E-state index in [-0.39, 0.29) is 17.0 Å². The molecule has 1 heterocycles. The van der Waals surface area contributed by atoms with Gasteiger partial charge in [0, 0.05) is 18.7 Å². The maximum atomic E-state index is 10.5. The van der Waals surface area contributed by atoms with Crippen molar-refractivity contribution in [1.82, 2.24) is 0 Å². The minimum atomic E-state index is 0. The minimum Gasteiger partial charge on any atom is -1.00 e. The molecule has 1 N–H and O–H groups in total. The summed E-state index contributed by atoms with van der Waals surface area (Å²) in [6.07, 6.45) is 1.48. The van der Waals surface area contributed by atoms with Gasteiger partial charge in [0.2, 0.25) is 10.5 Å². The van der Waals surface area contributed by atoms with Gasteiger partial charge in [-0.05, 0) is 31.3 Å². The molecule has 2 rings (SSSR count). The van der Waals surface area contributed by atoms with Crippen LogP contribution in [0.25, 0.3) is 10.2 Å². The molecule has 0 radical (unpaired) electrons. The van der Waals surface area contributed by atoms with Crippen molar-refractivity contribution in [1.29, 1.82) is 0 Å². The maximum absolute atomic E-state index is 10.5. The number of halogens is 1. The number of ether oxygens (including phenoxy) is 1. The summed E-state index contributed by atoms with van der Waals surface area (Å²) in [5.41, 5.74) is 2.06. The van der Waals surface area contributed by atoms with Gasteiger partial charge < -0.3 is 31.8 Å². The Morgan fingerprint density at radius 1 is 1.52 bits per heavy atom. The molecule has 21 heavy (non-hydrogen) atoms. The second kappa shape index (κ2) is 8.41. The van der Waals surface area contributed by atoms with Crippen LogP contribution in [0.5, 0.6) is 0 Å². The molecular formula is C14H17BrN2O2S2. The van der Waals surface area contributed by atoms with Crippen LogP contribution in [0.4, 0.5) is 5.69 Å². The van der Waals surface area contributed by atoms with Gasteiger partial charge in [-0.1, -0.05) is 11.3 Å². The number of anilines is 1. The van der Waals surface area contributed by atoms with Crippen molar-refractivity contribution in [2.45, 2.75) is 26.8 Å². The minimum absolute atomic E-state index is 0. The molecule has 2 aromatic rings. The fourth-order valence-corrected chi connectivity index (χ4v) is 3.35. The Kier molecular flexibility index (Phi) is 7.21. The first-order chi connectivity index (χ1) is 9.65. The third kappa shape index (κ3) is 4.46. The fourth-order valence-electron chi connectivity index (χ4n) is 2.03. The van der Waals surface area contributed by atoms with Crippen molar-refractivity contribution in [3.05, 3.63) is 23.2 Å². The third-order valence-corrected chi connectivity index (χ3v) is 4.16. The molecule has 0 atom stereocenters. The molecular weight excluding hydrogens is 372 g/mol. The van der Waals surface area contributed by atoms with Crippen molar-refractivity contribution < 1.29 is 31.1 Å². The molecule has 0 saturated heterocycles. The molecule has 0 saturated carbocycles. The van der Waals surface area contributed by atoms with E-state index >= 15 is 0 Å². The number of benzene rings is 1. The quantitative estimate of drug-likeness (QED) is 0.438. The summed E-state index contributed by atoms with van der Waals surface area (Å²) in [4.78, 5) is 10.5. The van der Waals surface area contributed by atoms with Crippen LogP contribution < -0.4 is 26.9 Å². The van der Waals surface area contributed by atoms with Crippen LogP contribution in [-0.4, -0.2) is 18.1 Å². The Balaban J connectivity index is 0.00000220. The molecule has 1 aromatic carbocycles. The van der Waals surface area contributed by atoms with Gasteiger partial charge >= 0.3 is 0 Å². The van der Waals surface area contributed by atoms with E-state index < -0.39 is 0 Å². The number of thiocarbonyl (C=S) groups is 1. The van der Waals surface area contributed by atoms with Crippen LogP contribution in [0.3, 0.4) is 0 Å². The van der Waals surface area contributed by atoms with Gasteiger partial charge in [-0.3, -0.25) is 0 Å². The summed E-state index contributed by atoms with van der Waals surface area (Å²) in [5, 5.41) is 4.63. The number of nitrogens with zero attached hydrogens (tertiary/aromatic N) is 1. The molecule has 1 aromatic heterocycles. The first-order valence-corrected chi connectivity index (χ1v) is 7.68. The van der Waals surface area contributed by atoms with Gasteiger partial charge in [-0.15, -0.1) is 0 Å². The molecule has 0 aliphatic heterocycles. The number of rotatable bonds is 5. The Morgan fingerprint density at radius 2 is 2.29 bits per heavy atom. The predicted octanol–water partition coefficient (Wildman–Crippen LogP) is -0.176. The summed E-state index contributed by atoms with van der Waals surface area (Å²) in [7, 11) is 0. The molecule has 0 aliphatic carbocycles. The lowest BCUT2D eigenvalue weighted by Crippen LogP contribution is -3.00. The second-order valence-electron chi connectivity index (χ2n) is 4.26. The maximum Gasteiger partial charge on any atom is 0.261 e. The molecule has 0 fully saturated rings. The van der Waals surface area contributed by atoms with Crippen molar-refractivity contribution >= 4 is 50.9 Å². The lowest BCUT2D eigenvalue weighted by atomic mass is 10.3. The highest BCUT2D eigenvalue weighted by Crippen LogP contribution is 2.24. The van der Waals surface area contributed by atoms with E-state index in [1.165, 1.54) is 5.01 Å². The van der Waals surface area contributed by atoms with Crippen LogP contribution in [-0.2, 0) is 16.1 Å². The summed E-state index contributed by atoms with van der Waals surface area (Å²) < 4.78 is 8.55. The molecule has 0 unspecified atom stereocenters. The molecule has 7 heteroatoms. The van der Waals surface area contributed by atoms with E-state index in [0.29, 0.717) is 18.2 Å². The Hall–Kier alpha value is -1.05. The van der Waals surface area contributed by atoms with Crippen LogP contribution >= 0.6 is 23.6 Å². The first-order valence-electron chi connectivity index (χ1n) is 6.46. The van der Waals surface area contributed by atoms with Crippen LogP contribution in [0.15, 0.2) is 18.2 Å². The lowest BCUT2D eigenvalue weighted by Gasteiger charge is -2.07. The van der Waals surface area contributed by atoms with E-state index in [9.17, 15) is 4.79 Å². The normalized spacial score (nSPS) is 10.0. The number of aryl methyl sites for hydroxylation is 2. The highest BCUT2D eigenvalue weighted by molar-refractivity contribution is 7.80. The van der Waals surface area contributed by atoms with Gasteiger partial charge in [0.25, 0.3) is 5.17 Å². The second-order valence-corrected chi connectivity index (χ2v) is 5.86. The van der Waals surface area contributed by atoms with Crippen LogP contribution in [0, 0.1) is 6.92 Å². The van der Waals surface area contributed by atoms with Crippen LogP contribution in [0.1, 0.15) is 18.4 Å². The molecule has 0 spiro atoms. The highest BCUT2D eigenvalue weighted by Gasteiger charge is 2.17. The standard InChI is InChI=1S/C14H16N2O2S2.BrH/c1-3-18-14(19)15-11-5-6-12-13(9-11)20-10(2)16(12)7-4-8-17;/h5-6,8-9H,3-4,7H2,1-2H3;1H. The smallest absolute Gasteiger partial charge is 0.261 e. The number of fused-ring (bicyclic) bond motifs is 1. The highest BCUT2D eigenvalue weighted by atomic mass is 79.9. The zero-order valence-corrected chi connectivity index (χ0v) is 15.1. The summed E-state index contributed by atoms with van der Waals surface area (Å²) in [5.74, 6) is 0. The summed E-state index contributed by atoms with van der Waals surface area (Å²) >= 11 is 6.78. The number of carbonyl (C=O) groups excluding carboxylic acids is 1. The van der Waals surface area contributed by atoms with Gasteiger partial charge in [-0.25, -0.2) is 0 Å². The van der Waals surface area contributed by atoms with E-state index in [1.807, 2.05) is 19.1 Å². The zero-order chi connectivity index (χ0) is 14.5. The van der Waals surface area contributed by atoms with E-state index in [2.05, 4.69) is 22.9 Å². The van der Waals surface area contributed by atoms with Gasteiger partial charge in [0.15, 0.2) is 6.54 Å². The van der Waals surface area contributed by atoms with Gasteiger partial charge in [-0.2, -0.15) is 4.57 Å². The number of hydrogen-bond donors (Lipinski definition) is 1. The van der Waals surface area contributed by atoms with Crippen molar-refractivity contribution in [3.63, 3.8) is 0 Å². The number of thiazole rings is 1. The van der Waals surface area contributed by atoms with Gasteiger partial charge in [0.1, 0.15) is 11.0 Å². The van der Waals surface area contributed by atoms with E-state index in [0.717, 1.165) is 28.7 Å². The van der Waals surface area contributed by atoms with Crippen molar-refractivity contribution in [2.24, 2.45) is 0 Å². The monoisotopic (exact) mass is 388 g/mol. The zero-order valence-electron chi connectivity index (χ0n) is 11.9. The Morgan fingerprint density at radius 3 is 2.95 bits per heavy atom. The van der Waals surface area contributed by atoms with E-state index in [1.54, 1.807) is 11.3 Å². The summed E-state index contributed by atoms with van der Waals surface area (Å²) in [6.45, 7) is 5.24. The SMILES string of the molecule is CCOC(=S)Nc1ccc2c(c1)sc(C)[n+]2CCC=O.[Br-].